The number of aryl methyl sites for hydroxylation is 1. The van der Waals surface area contributed by atoms with E-state index in [2.05, 4.69) is 18.3 Å². The van der Waals surface area contributed by atoms with E-state index in [1.807, 2.05) is 60.2 Å². The van der Waals surface area contributed by atoms with Crippen molar-refractivity contribution in [1.82, 2.24) is 4.90 Å². The first-order valence-electron chi connectivity index (χ1n) is 19.3. The van der Waals surface area contributed by atoms with E-state index in [1.54, 1.807) is 21.0 Å². The molecule has 51 heavy (non-hydrogen) atoms. The molecule has 0 amide bonds. The molecule has 0 aliphatic carbocycles. The summed E-state index contributed by atoms with van der Waals surface area (Å²) in [4.78, 5) is 32.2. The van der Waals surface area contributed by atoms with Crippen LogP contribution < -0.4 is 15.0 Å². The van der Waals surface area contributed by atoms with Gasteiger partial charge in [-0.3, -0.25) is 4.90 Å². The van der Waals surface area contributed by atoms with Crippen LogP contribution in [0.3, 0.4) is 0 Å². The van der Waals surface area contributed by atoms with Crippen LogP contribution in [-0.4, -0.2) is 49.7 Å². The maximum atomic E-state index is 14.3. The molecule has 2 aliphatic heterocycles. The summed E-state index contributed by atoms with van der Waals surface area (Å²) in [5.41, 5.74) is 4.58. The Bertz CT molecular complexity index is 1520. The zero-order valence-corrected chi connectivity index (χ0v) is 32.8. The zero-order valence-electron chi connectivity index (χ0n) is 31.9. The van der Waals surface area contributed by atoms with Crippen molar-refractivity contribution in [3.8, 4) is 5.75 Å². The molecular formula is C42H61N3O5S. The van der Waals surface area contributed by atoms with Gasteiger partial charge in [-0.2, -0.15) is 0 Å². The number of benzene rings is 2. The van der Waals surface area contributed by atoms with Crippen LogP contribution in [-0.2, 0) is 25.5 Å². The molecule has 2 heterocycles. The van der Waals surface area contributed by atoms with E-state index >= 15 is 0 Å². The molecule has 2 aromatic rings. The Morgan fingerprint density at radius 1 is 0.765 bits per heavy atom. The number of rotatable bonds is 21. The Morgan fingerprint density at radius 3 is 1.92 bits per heavy atom. The lowest BCUT2D eigenvalue weighted by molar-refractivity contribution is -0.139. The Kier molecular flexibility index (Phi) is 16.1. The summed E-state index contributed by atoms with van der Waals surface area (Å²) in [7, 11) is 3.51. The number of unbranched alkanes of at least 4 members (excludes halogenated alkanes) is 12. The molecule has 9 heteroatoms. The van der Waals surface area contributed by atoms with Gasteiger partial charge in [0, 0.05) is 18.3 Å². The standard InChI is InChI=1S/C42H61N3O5S/c1-7-10-11-12-13-14-15-16-17-18-19-20-21-25-31-26-24-29-34(48-6)36(31)37-35(40(46)49-8-2)30(4)44(5)39(38(37)41(47)50-9-3)45-33-28-23-22-27-32(33)43-42(45)51/h22-24,26-29,37,42-43,51H,7-21,25H2,1-6H3. The molecule has 0 saturated heterocycles. The molecule has 8 nitrogen and oxygen atoms in total. The highest BCUT2D eigenvalue weighted by molar-refractivity contribution is 7.81. The van der Waals surface area contributed by atoms with Crippen molar-refractivity contribution in [3.63, 3.8) is 0 Å². The average molecular weight is 720 g/mol. The molecule has 0 bridgehead atoms. The van der Waals surface area contributed by atoms with E-state index in [9.17, 15) is 9.59 Å². The highest BCUT2D eigenvalue weighted by Crippen LogP contribution is 2.50. The summed E-state index contributed by atoms with van der Waals surface area (Å²) in [6, 6.07) is 13.9. The highest BCUT2D eigenvalue weighted by atomic mass is 32.1. The predicted molar refractivity (Wildman–Crippen MR) is 211 cm³/mol. The van der Waals surface area contributed by atoms with Crippen LogP contribution in [0.4, 0.5) is 11.4 Å². The molecule has 0 saturated carbocycles. The number of ether oxygens (including phenoxy) is 3. The molecule has 2 aromatic carbocycles. The first kappa shape index (κ1) is 40.2. The van der Waals surface area contributed by atoms with Crippen molar-refractivity contribution >= 4 is 35.9 Å². The summed E-state index contributed by atoms with van der Waals surface area (Å²) < 4.78 is 17.5. The number of fused-ring (bicyclic) bond motifs is 1. The van der Waals surface area contributed by atoms with Gasteiger partial charge in [0.1, 0.15) is 11.6 Å². The van der Waals surface area contributed by atoms with Gasteiger partial charge in [0.05, 0.1) is 48.8 Å². The fourth-order valence-corrected chi connectivity index (χ4v) is 7.87. The molecule has 2 aliphatic rings. The maximum absolute atomic E-state index is 14.3. The number of carbonyl (C=O) groups excluding carboxylic acids is 2. The topological polar surface area (TPSA) is 80.3 Å². The fraction of sp³-hybridized carbons (Fsp3) is 0.571. The van der Waals surface area contributed by atoms with E-state index in [-0.39, 0.29) is 13.2 Å². The van der Waals surface area contributed by atoms with Gasteiger partial charge in [-0.25, -0.2) is 9.59 Å². The number of hydrogen-bond donors (Lipinski definition) is 2. The van der Waals surface area contributed by atoms with Crippen LogP contribution in [0.2, 0.25) is 0 Å². The second-order valence-electron chi connectivity index (χ2n) is 13.6. The van der Waals surface area contributed by atoms with Gasteiger partial charge in [-0.1, -0.05) is 108 Å². The number of thiol groups is 1. The lowest BCUT2D eigenvalue weighted by Crippen LogP contribution is -2.44. The van der Waals surface area contributed by atoms with E-state index in [4.69, 9.17) is 26.8 Å². The molecule has 2 atom stereocenters. The van der Waals surface area contributed by atoms with Gasteiger partial charge in [0.15, 0.2) is 5.50 Å². The summed E-state index contributed by atoms with van der Waals surface area (Å²) in [5.74, 6) is -0.542. The molecule has 0 aromatic heterocycles. The number of carbonyl (C=O) groups is 2. The molecule has 0 fully saturated rings. The van der Waals surface area contributed by atoms with Crippen LogP contribution >= 0.6 is 12.6 Å². The quantitative estimate of drug-likeness (QED) is 0.0750. The van der Waals surface area contributed by atoms with E-state index in [1.165, 1.54) is 70.6 Å². The molecule has 0 radical (unpaired) electrons. The molecule has 2 unspecified atom stereocenters. The van der Waals surface area contributed by atoms with E-state index in [0.29, 0.717) is 28.4 Å². The van der Waals surface area contributed by atoms with Crippen LogP contribution in [0.15, 0.2) is 65.1 Å². The van der Waals surface area contributed by atoms with Gasteiger partial charge in [-0.05, 0) is 57.4 Å². The van der Waals surface area contributed by atoms with Gasteiger partial charge in [0.25, 0.3) is 0 Å². The second-order valence-corrected chi connectivity index (χ2v) is 14.1. The third-order valence-corrected chi connectivity index (χ3v) is 10.5. The van der Waals surface area contributed by atoms with Crippen molar-refractivity contribution in [1.29, 1.82) is 0 Å². The lowest BCUT2D eigenvalue weighted by Gasteiger charge is -2.42. The van der Waals surface area contributed by atoms with Crippen molar-refractivity contribution in [2.24, 2.45) is 0 Å². The van der Waals surface area contributed by atoms with Crippen molar-refractivity contribution in [2.75, 3.05) is 37.6 Å². The second kappa shape index (κ2) is 20.4. The third kappa shape index (κ3) is 9.85. The van der Waals surface area contributed by atoms with E-state index < -0.39 is 23.4 Å². The average Bonchev–Trinajstić information content (AvgIpc) is 3.46. The smallest absolute Gasteiger partial charge is 0.338 e. The minimum atomic E-state index is -0.796. The number of para-hydroxylation sites is 2. The van der Waals surface area contributed by atoms with Crippen molar-refractivity contribution in [2.45, 2.75) is 129 Å². The Morgan fingerprint density at radius 2 is 1.33 bits per heavy atom. The number of allylic oxidation sites excluding steroid dienone is 1. The van der Waals surface area contributed by atoms with Crippen molar-refractivity contribution < 1.29 is 23.8 Å². The number of anilines is 2. The first-order chi connectivity index (χ1) is 24.8. The van der Waals surface area contributed by atoms with Gasteiger partial charge in [-0.15, -0.1) is 12.6 Å². The first-order valence-corrected chi connectivity index (χ1v) is 19.8. The van der Waals surface area contributed by atoms with Crippen LogP contribution in [0, 0.1) is 0 Å². The normalized spacial score (nSPS) is 17.1. The number of hydrogen-bond acceptors (Lipinski definition) is 9. The minimum absolute atomic E-state index is 0.181. The van der Waals surface area contributed by atoms with Crippen molar-refractivity contribution in [3.05, 3.63) is 76.3 Å². The molecule has 4 rings (SSSR count). The number of nitrogens with one attached hydrogen (secondary N) is 1. The van der Waals surface area contributed by atoms with E-state index in [0.717, 1.165) is 41.8 Å². The summed E-state index contributed by atoms with van der Waals surface area (Å²) in [6.45, 7) is 8.16. The molecule has 280 valence electrons. The Balaban J connectivity index is 1.66. The summed E-state index contributed by atoms with van der Waals surface area (Å²) >= 11 is 4.93. The maximum Gasteiger partial charge on any atom is 0.338 e. The highest BCUT2D eigenvalue weighted by Gasteiger charge is 2.46. The zero-order chi connectivity index (χ0) is 36.8. The van der Waals surface area contributed by atoms with Gasteiger partial charge >= 0.3 is 11.9 Å². The number of nitrogens with zero attached hydrogens (tertiary/aromatic N) is 2. The SMILES string of the molecule is CCCCCCCCCCCCCCCc1cccc(OC)c1C1C(C(=O)OCC)=C(C)N(C)C(N2c3ccccc3NC2S)=C1C(=O)OCC. The van der Waals surface area contributed by atoms with Gasteiger partial charge in [0.2, 0.25) is 0 Å². The molecular weight excluding hydrogens is 659 g/mol. The Hall–Kier alpha value is -3.59. The predicted octanol–water partition coefficient (Wildman–Crippen LogP) is 10.1. The van der Waals surface area contributed by atoms with Crippen LogP contribution in [0.1, 0.15) is 128 Å². The minimum Gasteiger partial charge on any atom is -0.496 e. The van der Waals surface area contributed by atoms with Crippen LogP contribution in [0.5, 0.6) is 5.75 Å². The summed E-state index contributed by atoms with van der Waals surface area (Å²) in [6.07, 6.45) is 17.5. The van der Waals surface area contributed by atoms with Gasteiger partial charge < -0.3 is 24.4 Å². The monoisotopic (exact) mass is 719 g/mol. The Labute approximate surface area is 312 Å². The summed E-state index contributed by atoms with van der Waals surface area (Å²) in [5, 5.41) is 3.43. The lowest BCUT2D eigenvalue weighted by atomic mass is 9.77. The largest absolute Gasteiger partial charge is 0.496 e. The molecule has 0 spiro atoms. The van der Waals surface area contributed by atoms with Crippen LogP contribution in [0.25, 0.3) is 0 Å². The third-order valence-electron chi connectivity index (χ3n) is 10.2. The number of esters is 2. The number of methoxy groups -OCH3 is 1. The fourth-order valence-electron chi connectivity index (χ4n) is 7.49. The molecule has 1 N–H and O–H groups in total.